The maximum Gasteiger partial charge on any atom is 0.245 e. The number of likely N-dealkylation sites (tertiary alicyclic amines) is 1. The Bertz CT molecular complexity index is 972. The number of hydrogen-bond acceptors (Lipinski definition) is 5. The first kappa shape index (κ1) is 26.2. The van der Waals surface area contributed by atoms with Crippen LogP contribution < -0.4 is 15.8 Å². The van der Waals surface area contributed by atoms with Gasteiger partial charge >= 0.3 is 0 Å². The fourth-order valence-electron chi connectivity index (χ4n) is 3.96. The third kappa shape index (κ3) is 8.40. The molecular formula is C27H35N3O5. The summed E-state index contributed by atoms with van der Waals surface area (Å²) in [7, 11) is 0. The lowest BCUT2D eigenvalue weighted by Crippen LogP contribution is -2.52. The molecule has 1 aliphatic rings. The monoisotopic (exact) mass is 481 g/mol. The Morgan fingerprint density at radius 3 is 2.34 bits per heavy atom. The van der Waals surface area contributed by atoms with Gasteiger partial charge in [-0.15, -0.1) is 0 Å². The molecule has 0 bridgehead atoms. The molecule has 4 N–H and O–H groups in total. The molecule has 8 nitrogen and oxygen atoms in total. The molecule has 1 fully saturated rings. The summed E-state index contributed by atoms with van der Waals surface area (Å²) in [5.74, 6) is -0.613. The number of nitrogens with two attached hydrogens (primary N) is 1. The number of aliphatic hydroxyl groups is 1. The smallest absolute Gasteiger partial charge is 0.245 e. The number of nitrogens with zero attached hydrogens (tertiary/aromatic N) is 1. The van der Waals surface area contributed by atoms with Gasteiger partial charge in [-0.3, -0.25) is 14.4 Å². The standard InChI is InChI=1S/C27H35N3O5/c1-19(26(28)33)7-12-25(32)29-24(27(34)30-15-13-22(31)14-16-30)17-20-8-10-23(11-9-20)35-18-21-5-3-2-4-6-21/h2-6,8-11,19,22,24,31H,7,12-18H2,1H3,(H2,28,33)(H,29,32). The molecule has 0 aromatic heterocycles. The van der Waals surface area contributed by atoms with E-state index < -0.39 is 24.0 Å². The summed E-state index contributed by atoms with van der Waals surface area (Å²) < 4.78 is 5.84. The van der Waals surface area contributed by atoms with Crippen LogP contribution in [0.2, 0.25) is 0 Å². The van der Waals surface area contributed by atoms with Gasteiger partial charge in [0.05, 0.1) is 6.10 Å². The van der Waals surface area contributed by atoms with Gasteiger partial charge in [-0.1, -0.05) is 49.4 Å². The Hall–Kier alpha value is -3.39. The largest absolute Gasteiger partial charge is 0.489 e. The van der Waals surface area contributed by atoms with Crippen molar-refractivity contribution in [3.63, 3.8) is 0 Å². The summed E-state index contributed by atoms with van der Waals surface area (Å²) >= 11 is 0. The average Bonchev–Trinajstić information content (AvgIpc) is 2.87. The van der Waals surface area contributed by atoms with Gasteiger partial charge in [-0.25, -0.2) is 0 Å². The van der Waals surface area contributed by atoms with Crippen molar-refractivity contribution in [1.82, 2.24) is 10.2 Å². The molecular weight excluding hydrogens is 446 g/mol. The first-order valence-corrected chi connectivity index (χ1v) is 12.1. The average molecular weight is 482 g/mol. The molecule has 3 rings (SSSR count). The van der Waals surface area contributed by atoms with E-state index in [0.717, 1.165) is 16.9 Å². The van der Waals surface area contributed by atoms with Crippen LogP contribution >= 0.6 is 0 Å². The normalized spacial score (nSPS) is 15.8. The van der Waals surface area contributed by atoms with Crippen molar-refractivity contribution >= 4 is 17.7 Å². The zero-order valence-corrected chi connectivity index (χ0v) is 20.2. The summed E-state index contributed by atoms with van der Waals surface area (Å²) in [6.07, 6.45) is 1.41. The van der Waals surface area contributed by atoms with Crippen molar-refractivity contribution in [3.05, 3.63) is 65.7 Å². The number of nitrogens with one attached hydrogen (secondary N) is 1. The van der Waals surface area contributed by atoms with Crippen molar-refractivity contribution < 1.29 is 24.2 Å². The summed E-state index contributed by atoms with van der Waals surface area (Å²) in [4.78, 5) is 38.8. The van der Waals surface area contributed by atoms with Gasteiger partial charge in [0.15, 0.2) is 0 Å². The van der Waals surface area contributed by atoms with Gasteiger partial charge in [-0.2, -0.15) is 0 Å². The second-order valence-corrected chi connectivity index (χ2v) is 9.14. The molecule has 2 atom stereocenters. The Balaban J connectivity index is 1.63. The fourth-order valence-corrected chi connectivity index (χ4v) is 3.96. The van der Waals surface area contributed by atoms with E-state index in [9.17, 15) is 19.5 Å². The fraction of sp³-hybridized carbons (Fsp3) is 0.444. The molecule has 1 heterocycles. The quantitative estimate of drug-likeness (QED) is 0.454. The summed E-state index contributed by atoms with van der Waals surface area (Å²) in [6, 6.07) is 16.6. The molecule has 1 saturated heterocycles. The van der Waals surface area contributed by atoms with E-state index in [1.54, 1.807) is 11.8 Å². The van der Waals surface area contributed by atoms with Gasteiger partial charge in [-0.05, 0) is 42.5 Å². The molecule has 8 heteroatoms. The molecule has 1 aliphatic heterocycles. The lowest BCUT2D eigenvalue weighted by molar-refractivity contribution is -0.138. The van der Waals surface area contributed by atoms with Crippen LogP contribution in [0.4, 0.5) is 0 Å². The molecule has 35 heavy (non-hydrogen) atoms. The van der Waals surface area contributed by atoms with Crippen LogP contribution in [0.25, 0.3) is 0 Å². The number of benzene rings is 2. The third-order valence-corrected chi connectivity index (χ3v) is 6.31. The van der Waals surface area contributed by atoms with Gasteiger partial charge in [0.2, 0.25) is 17.7 Å². The predicted octanol–water partition coefficient (Wildman–Crippen LogP) is 2.18. The Morgan fingerprint density at radius 1 is 1.06 bits per heavy atom. The summed E-state index contributed by atoms with van der Waals surface area (Å²) in [5.41, 5.74) is 7.25. The molecule has 188 valence electrons. The Kier molecular flexibility index (Phi) is 9.66. The van der Waals surface area contributed by atoms with E-state index in [0.29, 0.717) is 45.4 Å². The highest BCUT2D eigenvalue weighted by Gasteiger charge is 2.29. The number of ether oxygens (including phenoxy) is 1. The van der Waals surface area contributed by atoms with Gasteiger partial charge in [0.1, 0.15) is 18.4 Å². The summed E-state index contributed by atoms with van der Waals surface area (Å²) in [6.45, 7) is 3.05. The molecule has 2 unspecified atom stereocenters. The Morgan fingerprint density at radius 2 is 1.71 bits per heavy atom. The Labute approximate surface area is 206 Å². The van der Waals surface area contributed by atoms with Crippen molar-refractivity contribution in [1.29, 1.82) is 0 Å². The van der Waals surface area contributed by atoms with Crippen LogP contribution in [-0.2, 0) is 27.4 Å². The number of hydrogen-bond donors (Lipinski definition) is 3. The van der Waals surface area contributed by atoms with Crippen LogP contribution in [0.1, 0.15) is 43.7 Å². The highest BCUT2D eigenvalue weighted by molar-refractivity contribution is 5.88. The van der Waals surface area contributed by atoms with E-state index in [1.807, 2.05) is 54.6 Å². The zero-order valence-electron chi connectivity index (χ0n) is 20.2. The molecule has 0 aliphatic carbocycles. The lowest BCUT2D eigenvalue weighted by atomic mass is 10.0. The maximum absolute atomic E-state index is 13.2. The highest BCUT2D eigenvalue weighted by Crippen LogP contribution is 2.18. The van der Waals surface area contributed by atoms with E-state index in [2.05, 4.69) is 5.32 Å². The highest BCUT2D eigenvalue weighted by atomic mass is 16.5. The van der Waals surface area contributed by atoms with E-state index in [1.165, 1.54) is 0 Å². The zero-order chi connectivity index (χ0) is 25.2. The number of aliphatic hydroxyl groups excluding tert-OH is 1. The van der Waals surface area contributed by atoms with Crippen LogP contribution in [0.15, 0.2) is 54.6 Å². The molecule has 2 aromatic rings. The van der Waals surface area contributed by atoms with E-state index >= 15 is 0 Å². The second kappa shape index (κ2) is 12.9. The number of carbonyl (C=O) groups is 3. The molecule has 0 radical (unpaired) electrons. The van der Waals surface area contributed by atoms with E-state index in [4.69, 9.17) is 10.5 Å². The van der Waals surface area contributed by atoms with Crippen LogP contribution in [-0.4, -0.2) is 53.0 Å². The molecule has 0 saturated carbocycles. The van der Waals surface area contributed by atoms with Gasteiger partial charge < -0.3 is 25.8 Å². The molecule has 2 aromatic carbocycles. The minimum atomic E-state index is -0.738. The van der Waals surface area contributed by atoms with Crippen molar-refractivity contribution in [2.75, 3.05) is 13.1 Å². The molecule has 0 spiro atoms. The van der Waals surface area contributed by atoms with E-state index in [-0.39, 0.29) is 18.2 Å². The summed E-state index contributed by atoms with van der Waals surface area (Å²) in [5, 5.41) is 12.6. The number of rotatable bonds is 11. The minimum Gasteiger partial charge on any atom is -0.489 e. The third-order valence-electron chi connectivity index (χ3n) is 6.31. The van der Waals surface area contributed by atoms with Crippen LogP contribution in [0.3, 0.4) is 0 Å². The number of carbonyl (C=O) groups excluding carboxylic acids is 3. The first-order valence-electron chi connectivity index (χ1n) is 12.1. The van der Waals surface area contributed by atoms with Crippen LogP contribution in [0.5, 0.6) is 5.75 Å². The van der Waals surface area contributed by atoms with Crippen molar-refractivity contribution in [2.24, 2.45) is 11.7 Å². The van der Waals surface area contributed by atoms with Crippen LogP contribution in [0, 0.1) is 5.92 Å². The topological polar surface area (TPSA) is 122 Å². The number of amides is 3. The maximum atomic E-state index is 13.2. The minimum absolute atomic E-state index is 0.110. The van der Waals surface area contributed by atoms with Crippen molar-refractivity contribution in [2.45, 2.75) is 57.8 Å². The first-order chi connectivity index (χ1) is 16.8. The van der Waals surface area contributed by atoms with Crippen molar-refractivity contribution in [3.8, 4) is 5.75 Å². The lowest BCUT2D eigenvalue weighted by Gasteiger charge is -2.33. The molecule has 3 amide bonds. The SMILES string of the molecule is CC(CCC(=O)NC(Cc1ccc(OCc2ccccc2)cc1)C(=O)N1CCC(O)CC1)C(N)=O. The van der Waals surface area contributed by atoms with Gasteiger partial charge in [0.25, 0.3) is 0 Å². The van der Waals surface area contributed by atoms with Gasteiger partial charge in [0, 0.05) is 31.8 Å². The number of primary amides is 1. The predicted molar refractivity (Wildman–Crippen MR) is 132 cm³/mol. The number of piperidine rings is 1. The second-order valence-electron chi connectivity index (χ2n) is 9.14.